The zero-order valence-corrected chi connectivity index (χ0v) is 20.1. The van der Waals surface area contributed by atoms with Crippen LogP contribution in [0.15, 0.2) is 12.2 Å². The fourth-order valence-corrected chi connectivity index (χ4v) is 4.11. The molecule has 0 fully saturated rings. The number of allylic oxidation sites excluding steroid dienone is 2. The van der Waals surface area contributed by atoms with Crippen LogP contribution in [0.25, 0.3) is 0 Å². The summed E-state index contributed by atoms with van der Waals surface area (Å²) in [6, 6.07) is 0. The molecule has 27 heavy (non-hydrogen) atoms. The van der Waals surface area contributed by atoms with Crippen LogP contribution in [-0.2, 0) is 0 Å². The van der Waals surface area contributed by atoms with E-state index in [-0.39, 0.29) is 0 Å². The monoisotopic (exact) mass is 376 g/mol. The van der Waals surface area contributed by atoms with Crippen molar-refractivity contribution in [2.45, 2.75) is 149 Å². The van der Waals surface area contributed by atoms with Crippen molar-refractivity contribution in [1.82, 2.24) is 0 Å². The minimum absolute atomic E-state index is 0.478. The van der Waals surface area contributed by atoms with Gasteiger partial charge in [0, 0.05) is 0 Å². The predicted octanol–water partition coefficient (Wildman–Crippen LogP) is 9.97. The van der Waals surface area contributed by atoms with Gasteiger partial charge in [-0.1, -0.05) is 142 Å². The summed E-state index contributed by atoms with van der Waals surface area (Å²) in [5.41, 5.74) is 0. The third kappa shape index (κ3) is 14.5. The zero-order valence-electron chi connectivity index (χ0n) is 20.1. The molecule has 0 saturated heterocycles. The second kappa shape index (κ2) is 17.9. The van der Waals surface area contributed by atoms with Gasteiger partial charge in [-0.05, 0) is 25.2 Å². The van der Waals surface area contributed by atoms with Crippen molar-refractivity contribution < 1.29 is 0 Å². The molecule has 0 bridgehead atoms. The van der Waals surface area contributed by atoms with Crippen molar-refractivity contribution in [1.29, 1.82) is 0 Å². The molecule has 0 aliphatic rings. The smallest absolute Gasteiger partial charge is 0.0886 e. The van der Waals surface area contributed by atoms with E-state index in [9.17, 15) is 0 Å². The Kier molecular flexibility index (Phi) is 17.7. The molecule has 0 aliphatic carbocycles. The molecule has 1 heteroatoms. The SMILES string of the molecule is CCCCC/C=C\CCCB(CCCCCCCCCC)C(C)(C)C(C)C. The van der Waals surface area contributed by atoms with Gasteiger partial charge in [0.1, 0.15) is 6.71 Å². The number of unbranched alkanes of at least 4 members (excludes halogenated alkanes) is 11. The lowest BCUT2D eigenvalue weighted by Crippen LogP contribution is -2.32. The summed E-state index contributed by atoms with van der Waals surface area (Å²) in [6.45, 7) is 15.4. The minimum Gasteiger partial charge on any atom is -0.0886 e. The van der Waals surface area contributed by atoms with E-state index in [4.69, 9.17) is 0 Å². The maximum atomic E-state index is 2.52. The Bertz CT molecular complexity index is 329. The van der Waals surface area contributed by atoms with E-state index in [1.807, 2.05) is 0 Å². The third-order valence-corrected chi connectivity index (χ3v) is 7.01. The highest BCUT2D eigenvalue weighted by molar-refractivity contribution is 6.62. The van der Waals surface area contributed by atoms with Gasteiger partial charge in [-0.25, -0.2) is 0 Å². The van der Waals surface area contributed by atoms with Crippen molar-refractivity contribution in [3.8, 4) is 0 Å². The second-order valence-electron chi connectivity index (χ2n) is 9.83. The molecule has 0 aromatic heterocycles. The first-order valence-corrected chi connectivity index (χ1v) is 12.6. The van der Waals surface area contributed by atoms with Crippen molar-refractivity contribution >= 4 is 6.71 Å². The van der Waals surface area contributed by atoms with Crippen LogP contribution < -0.4 is 0 Å². The maximum absolute atomic E-state index is 2.52. The van der Waals surface area contributed by atoms with Gasteiger partial charge in [0.05, 0.1) is 0 Å². The predicted molar refractivity (Wildman–Crippen MR) is 129 cm³/mol. The van der Waals surface area contributed by atoms with Crippen LogP contribution in [-0.4, -0.2) is 6.71 Å². The number of hydrogen-bond donors (Lipinski definition) is 0. The Morgan fingerprint density at radius 1 is 0.630 bits per heavy atom. The van der Waals surface area contributed by atoms with Gasteiger partial charge in [-0.15, -0.1) is 0 Å². The lowest BCUT2D eigenvalue weighted by Gasteiger charge is -2.36. The van der Waals surface area contributed by atoms with Gasteiger partial charge in [-0.2, -0.15) is 0 Å². The van der Waals surface area contributed by atoms with Gasteiger partial charge in [0.25, 0.3) is 0 Å². The molecule has 0 amide bonds. The van der Waals surface area contributed by atoms with Gasteiger partial charge < -0.3 is 0 Å². The van der Waals surface area contributed by atoms with Gasteiger partial charge in [-0.3, -0.25) is 0 Å². The normalized spacial score (nSPS) is 12.4. The van der Waals surface area contributed by atoms with E-state index in [0.29, 0.717) is 5.31 Å². The molecule has 0 aliphatic heterocycles. The van der Waals surface area contributed by atoms with Gasteiger partial charge in [0.2, 0.25) is 0 Å². The molecule has 0 radical (unpaired) electrons. The van der Waals surface area contributed by atoms with Crippen LogP contribution in [0.2, 0.25) is 18.0 Å². The first-order chi connectivity index (χ1) is 13.0. The van der Waals surface area contributed by atoms with Crippen LogP contribution in [0.4, 0.5) is 0 Å². The van der Waals surface area contributed by atoms with E-state index < -0.39 is 0 Å². The van der Waals surface area contributed by atoms with Crippen LogP contribution in [0.3, 0.4) is 0 Å². The molecule has 0 heterocycles. The molecular weight excluding hydrogens is 323 g/mol. The van der Waals surface area contributed by atoms with Crippen molar-refractivity contribution in [3.63, 3.8) is 0 Å². The summed E-state index contributed by atoms with van der Waals surface area (Å²) in [5, 5.41) is 0.478. The third-order valence-electron chi connectivity index (χ3n) is 7.01. The summed E-state index contributed by atoms with van der Waals surface area (Å²) in [7, 11) is 0. The topological polar surface area (TPSA) is 0 Å². The fraction of sp³-hybridized carbons (Fsp3) is 0.923. The summed E-state index contributed by atoms with van der Waals surface area (Å²) in [4.78, 5) is 0. The first-order valence-electron chi connectivity index (χ1n) is 12.6. The van der Waals surface area contributed by atoms with Gasteiger partial charge >= 0.3 is 0 Å². The average Bonchev–Trinajstić information content (AvgIpc) is 2.63. The quantitative estimate of drug-likeness (QED) is 0.119. The van der Waals surface area contributed by atoms with Crippen LogP contribution in [0, 0.1) is 5.92 Å². The molecule has 0 aromatic carbocycles. The van der Waals surface area contributed by atoms with Crippen molar-refractivity contribution in [2.24, 2.45) is 5.92 Å². The summed E-state index contributed by atoms with van der Waals surface area (Å²) < 4.78 is 0. The van der Waals surface area contributed by atoms with Crippen molar-refractivity contribution in [2.75, 3.05) is 0 Å². The molecule has 0 rings (SSSR count). The second-order valence-corrected chi connectivity index (χ2v) is 9.83. The Labute approximate surface area is 174 Å². The lowest BCUT2D eigenvalue weighted by molar-refractivity contribution is 0.459. The Morgan fingerprint density at radius 2 is 1.07 bits per heavy atom. The highest BCUT2D eigenvalue weighted by atomic mass is 14.2. The minimum atomic E-state index is 0.478. The molecule has 0 spiro atoms. The Morgan fingerprint density at radius 3 is 1.63 bits per heavy atom. The number of hydrogen-bond acceptors (Lipinski definition) is 0. The van der Waals surface area contributed by atoms with Crippen LogP contribution in [0.1, 0.15) is 131 Å². The van der Waals surface area contributed by atoms with Crippen LogP contribution >= 0.6 is 0 Å². The molecule has 160 valence electrons. The molecule has 0 nitrogen and oxygen atoms in total. The van der Waals surface area contributed by atoms with Gasteiger partial charge in [0.15, 0.2) is 0 Å². The van der Waals surface area contributed by atoms with E-state index >= 15 is 0 Å². The van der Waals surface area contributed by atoms with E-state index in [1.54, 1.807) is 0 Å². The summed E-state index contributed by atoms with van der Waals surface area (Å²) in [5.74, 6) is 0.779. The largest absolute Gasteiger partial charge is 0.146 e. The first kappa shape index (κ1) is 26.8. The van der Waals surface area contributed by atoms with Crippen molar-refractivity contribution in [3.05, 3.63) is 12.2 Å². The molecule has 0 saturated carbocycles. The summed E-state index contributed by atoms with van der Waals surface area (Å²) >= 11 is 0. The van der Waals surface area contributed by atoms with Crippen LogP contribution in [0.5, 0.6) is 0 Å². The highest BCUT2D eigenvalue weighted by Crippen LogP contribution is 2.42. The summed E-state index contributed by atoms with van der Waals surface area (Å²) in [6.07, 6.45) is 27.3. The van der Waals surface area contributed by atoms with E-state index in [1.165, 1.54) is 103 Å². The molecule has 0 aromatic rings. The Balaban J connectivity index is 4.09. The van der Waals surface area contributed by atoms with E-state index in [2.05, 4.69) is 53.7 Å². The molecule has 0 unspecified atom stereocenters. The molecule has 0 atom stereocenters. The van der Waals surface area contributed by atoms with E-state index in [0.717, 1.165) is 12.6 Å². The maximum Gasteiger partial charge on any atom is 0.146 e. The Hall–Kier alpha value is -0.195. The highest BCUT2D eigenvalue weighted by Gasteiger charge is 2.34. The molecule has 0 N–H and O–H groups in total. The standard InChI is InChI=1S/C26H53B/c1-7-9-11-13-15-17-19-21-23-27(26(5,6)25(3)4)24-22-20-18-16-14-12-10-8-2/h15,17,25H,7-14,16,18-24H2,1-6H3/b17-15-. The molecular formula is C26H53B. The zero-order chi connectivity index (χ0) is 20.4. The lowest BCUT2D eigenvalue weighted by atomic mass is 9.28. The fourth-order valence-electron chi connectivity index (χ4n) is 4.11. The number of rotatable bonds is 19. The average molecular weight is 377 g/mol.